The number of hydrogen-bond acceptors (Lipinski definition) is 4. The lowest BCUT2D eigenvalue weighted by Gasteiger charge is -2.11. The summed E-state index contributed by atoms with van der Waals surface area (Å²) in [6.07, 6.45) is -4.53. The topological polar surface area (TPSA) is 93.1 Å². The van der Waals surface area contributed by atoms with Crippen LogP contribution in [0.3, 0.4) is 0 Å². The average Bonchev–Trinajstić information content (AvgIpc) is 2.69. The van der Waals surface area contributed by atoms with Crippen LogP contribution >= 0.6 is 0 Å². The summed E-state index contributed by atoms with van der Waals surface area (Å²) in [5, 5.41) is 8.77. The molecule has 0 aliphatic heterocycles. The van der Waals surface area contributed by atoms with Gasteiger partial charge in [-0.15, -0.1) is 0 Å². The van der Waals surface area contributed by atoms with Gasteiger partial charge in [0.2, 0.25) is 0 Å². The predicted molar refractivity (Wildman–Crippen MR) is 103 cm³/mol. The van der Waals surface area contributed by atoms with Gasteiger partial charge >= 0.3 is 6.18 Å². The fourth-order valence-electron chi connectivity index (χ4n) is 2.53. The monoisotopic (exact) mass is 416 g/mol. The molecule has 0 unspecified atom stereocenters. The molecule has 0 spiro atoms. The minimum Gasteiger partial charge on any atom is -0.322 e. The molecule has 0 saturated heterocycles. The summed E-state index contributed by atoms with van der Waals surface area (Å²) in [4.78, 5) is 36.1. The average molecular weight is 416 g/mol. The van der Waals surface area contributed by atoms with Crippen LogP contribution in [-0.4, -0.2) is 21.6 Å². The molecule has 30 heavy (non-hydrogen) atoms. The zero-order valence-corrected chi connectivity index (χ0v) is 15.5. The summed E-state index contributed by atoms with van der Waals surface area (Å²) in [6, 6.07) is 12.6. The Labute approximate surface area is 168 Å². The van der Waals surface area contributed by atoms with Gasteiger partial charge in [-0.25, -0.2) is 4.68 Å². The van der Waals surface area contributed by atoms with Crippen molar-refractivity contribution in [1.29, 1.82) is 0 Å². The van der Waals surface area contributed by atoms with E-state index in [1.54, 1.807) is 0 Å². The van der Waals surface area contributed by atoms with Crippen molar-refractivity contribution in [2.24, 2.45) is 7.05 Å². The minimum absolute atomic E-state index is 0.00378. The number of carbonyl (C=O) groups excluding carboxylic acids is 2. The molecule has 2 amide bonds. The van der Waals surface area contributed by atoms with Gasteiger partial charge in [-0.05, 0) is 42.5 Å². The lowest BCUT2D eigenvalue weighted by atomic mass is 10.1. The van der Waals surface area contributed by atoms with E-state index in [0.29, 0.717) is 0 Å². The maximum atomic E-state index is 12.8. The first-order chi connectivity index (χ1) is 14.1. The lowest BCUT2D eigenvalue weighted by molar-refractivity contribution is -0.137. The van der Waals surface area contributed by atoms with E-state index in [9.17, 15) is 27.6 Å². The number of rotatable bonds is 4. The van der Waals surface area contributed by atoms with Crippen molar-refractivity contribution in [1.82, 2.24) is 9.78 Å². The van der Waals surface area contributed by atoms with Gasteiger partial charge in [-0.1, -0.05) is 12.1 Å². The van der Waals surface area contributed by atoms with E-state index >= 15 is 0 Å². The van der Waals surface area contributed by atoms with Gasteiger partial charge < -0.3 is 10.6 Å². The van der Waals surface area contributed by atoms with E-state index in [0.717, 1.165) is 16.8 Å². The van der Waals surface area contributed by atoms with Gasteiger partial charge in [-0.2, -0.15) is 18.3 Å². The highest BCUT2D eigenvalue weighted by Gasteiger charge is 2.30. The van der Waals surface area contributed by atoms with Gasteiger partial charge in [0.15, 0.2) is 0 Å². The highest BCUT2D eigenvalue weighted by atomic mass is 19.4. The number of aryl methyl sites for hydroxylation is 1. The zero-order chi connectivity index (χ0) is 21.9. The van der Waals surface area contributed by atoms with Crippen molar-refractivity contribution in [3.63, 3.8) is 0 Å². The van der Waals surface area contributed by atoms with Gasteiger partial charge in [0.25, 0.3) is 17.4 Å². The quantitative estimate of drug-likeness (QED) is 0.683. The predicted octanol–water partition coefficient (Wildman–Crippen LogP) is 3.30. The first-order valence-corrected chi connectivity index (χ1v) is 8.58. The molecule has 10 heteroatoms. The molecule has 0 fully saturated rings. The van der Waals surface area contributed by atoms with Crippen LogP contribution in [0.15, 0.2) is 65.5 Å². The largest absolute Gasteiger partial charge is 0.416 e. The SMILES string of the molecule is Cn1nc(C(=O)Nc2cccc(C(=O)Nc3cccc(C(F)(F)F)c3)c2)ccc1=O. The molecule has 0 saturated carbocycles. The Hall–Kier alpha value is -3.95. The van der Waals surface area contributed by atoms with Crippen molar-refractivity contribution in [2.75, 3.05) is 10.6 Å². The maximum Gasteiger partial charge on any atom is 0.416 e. The highest BCUT2D eigenvalue weighted by Crippen LogP contribution is 2.30. The van der Waals surface area contributed by atoms with Gasteiger partial charge in [0.1, 0.15) is 5.69 Å². The summed E-state index contributed by atoms with van der Waals surface area (Å²) in [6.45, 7) is 0. The normalized spacial score (nSPS) is 11.1. The summed E-state index contributed by atoms with van der Waals surface area (Å²) in [5.74, 6) is -1.24. The number of aromatic nitrogens is 2. The summed E-state index contributed by atoms with van der Waals surface area (Å²) >= 11 is 0. The second-order valence-electron chi connectivity index (χ2n) is 6.25. The van der Waals surface area contributed by atoms with Gasteiger partial charge in [0, 0.05) is 30.1 Å². The number of nitrogens with one attached hydrogen (secondary N) is 2. The fourth-order valence-corrected chi connectivity index (χ4v) is 2.53. The van der Waals surface area contributed by atoms with E-state index in [2.05, 4.69) is 15.7 Å². The molecule has 3 rings (SSSR count). The van der Waals surface area contributed by atoms with E-state index in [1.165, 1.54) is 55.6 Å². The first kappa shape index (κ1) is 20.8. The van der Waals surface area contributed by atoms with Crippen LogP contribution in [0.2, 0.25) is 0 Å². The fraction of sp³-hybridized carbons (Fsp3) is 0.100. The summed E-state index contributed by atoms with van der Waals surface area (Å²) < 4.78 is 39.4. The van der Waals surface area contributed by atoms with E-state index in [4.69, 9.17) is 0 Å². The van der Waals surface area contributed by atoms with Crippen LogP contribution in [0.1, 0.15) is 26.4 Å². The van der Waals surface area contributed by atoms with Gasteiger partial charge in [0.05, 0.1) is 5.56 Å². The molecule has 3 aromatic rings. The molecule has 2 aromatic carbocycles. The van der Waals surface area contributed by atoms with Crippen LogP contribution in [0.5, 0.6) is 0 Å². The third-order valence-electron chi connectivity index (χ3n) is 4.02. The van der Waals surface area contributed by atoms with Crippen molar-refractivity contribution >= 4 is 23.2 Å². The second-order valence-corrected chi connectivity index (χ2v) is 6.25. The van der Waals surface area contributed by atoms with Crippen molar-refractivity contribution in [3.05, 3.63) is 87.8 Å². The molecule has 7 nitrogen and oxygen atoms in total. The Balaban J connectivity index is 1.75. The third-order valence-corrected chi connectivity index (χ3v) is 4.02. The van der Waals surface area contributed by atoms with Crippen LogP contribution in [0.4, 0.5) is 24.5 Å². The molecule has 0 bridgehead atoms. The highest BCUT2D eigenvalue weighted by molar-refractivity contribution is 6.06. The Morgan fingerprint density at radius 3 is 2.20 bits per heavy atom. The molecular weight excluding hydrogens is 401 g/mol. The van der Waals surface area contributed by atoms with E-state index in [-0.39, 0.29) is 28.2 Å². The Bertz CT molecular complexity index is 1170. The van der Waals surface area contributed by atoms with Crippen LogP contribution < -0.4 is 16.2 Å². The molecule has 1 heterocycles. The minimum atomic E-state index is -4.53. The smallest absolute Gasteiger partial charge is 0.322 e. The van der Waals surface area contributed by atoms with Crippen molar-refractivity contribution < 1.29 is 22.8 Å². The maximum absolute atomic E-state index is 12.8. The number of alkyl halides is 3. The van der Waals surface area contributed by atoms with E-state index in [1.807, 2.05) is 0 Å². The number of anilines is 2. The molecule has 0 aliphatic rings. The van der Waals surface area contributed by atoms with Crippen LogP contribution in [0, 0.1) is 0 Å². The Morgan fingerprint density at radius 2 is 1.53 bits per heavy atom. The number of halogens is 3. The van der Waals surface area contributed by atoms with Crippen LogP contribution in [0.25, 0.3) is 0 Å². The van der Waals surface area contributed by atoms with Gasteiger partial charge in [-0.3, -0.25) is 14.4 Å². The number of amides is 2. The molecule has 154 valence electrons. The summed E-state index contributed by atoms with van der Waals surface area (Å²) in [7, 11) is 1.40. The molecule has 0 aliphatic carbocycles. The van der Waals surface area contributed by atoms with Crippen LogP contribution in [-0.2, 0) is 13.2 Å². The molecule has 1 aromatic heterocycles. The van der Waals surface area contributed by atoms with Crippen molar-refractivity contribution in [2.45, 2.75) is 6.18 Å². The number of carbonyl (C=O) groups is 2. The standard InChI is InChI=1S/C20H15F3N4O3/c1-27-17(28)9-8-16(26-27)19(30)25-14-6-2-4-12(10-14)18(29)24-15-7-3-5-13(11-15)20(21,22)23/h2-11H,1H3,(H,24,29)(H,25,30). The Kier molecular flexibility index (Phi) is 5.67. The molecular formula is C20H15F3N4O3. The lowest BCUT2D eigenvalue weighted by Crippen LogP contribution is -2.23. The first-order valence-electron chi connectivity index (χ1n) is 8.58. The zero-order valence-electron chi connectivity index (χ0n) is 15.5. The Morgan fingerprint density at radius 1 is 0.900 bits per heavy atom. The molecule has 2 N–H and O–H groups in total. The number of hydrogen-bond donors (Lipinski definition) is 2. The van der Waals surface area contributed by atoms with E-state index < -0.39 is 23.6 Å². The third kappa shape index (κ3) is 4.90. The van der Waals surface area contributed by atoms with Crippen molar-refractivity contribution in [3.8, 4) is 0 Å². The number of benzene rings is 2. The number of nitrogens with zero attached hydrogens (tertiary/aromatic N) is 2. The molecule has 0 atom stereocenters. The summed E-state index contributed by atoms with van der Waals surface area (Å²) in [5.41, 5.74) is -0.883. The molecule has 0 radical (unpaired) electrons. The second kappa shape index (κ2) is 8.19.